The molecule has 17 heavy (non-hydrogen) atoms. The third-order valence-corrected chi connectivity index (χ3v) is 3.13. The van der Waals surface area contributed by atoms with Gasteiger partial charge in [-0.3, -0.25) is 9.69 Å². The highest BCUT2D eigenvalue weighted by molar-refractivity contribution is 5.80. The lowest BCUT2D eigenvalue weighted by Gasteiger charge is -2.31. The summed E-state index contributed by atoms with van der Waals surface area (Å²) < 4.78 is 7.55. The summed E-state index contributed by atoms with van der Waals surface area (Å²) in [7, 11) is 3.67. The molecule has 1 amide bonds. The number of ether oxygens (including phenoxy) is 1. The van der Waals surface area contributed by atoms with E-state index < -0.39 is 0 Å². The molecule has 5 nitrogen and oxygen atoms in total. The molecule has 1 aliphatic rings. The monoisotopic (exact) mass is 237 g/mol. The lowest BCUT2D eigenvalue weighted by Crippen LogP contribution is -2.48. The molecule has 2 rings (SSSR count). The topological polar surface area (TPSA) is 46.5 Å². The van der Waals surface area contributed by atoms with Crippen LogP contribution in [0.15, 0.2) is 18.3 Å². The number of aromatic nitrogens is 1. The maximum atomic E-state index is 11.5. The van der Waals surface area contributed by atoms with E-state index in [0.29, 0.717) is 13.2 Å². The molecule has 94 valence electrons. The molecule has 0 spiro atoms. The molecule has 1 aromatic heterocycles. The highest BCUT2D eigenvalue weighted by Crippen LogP contribution is 2.10. The maximum Gasteiger partial charge on any atom is 0.250 e. The minimum atomic E-state index is -0.339. The third kappa shape index (κ3) is 2.87. The Morgan fingerprint density at radius 3 is 3.12 bits per heavy atom. The van der Waals surface area contributed by atoms with Gasteiger partial charge in [-0.1, -0.05) is 0 Å². The third-order valence-electron chi connectivity index (χ3n) is 3.13. The van der Waals surface area contributed by atoms with Crippen molar-refractivity contribution in [1.82, 2.24) is 14.8 Å². The van der Waals surface area contributed by atoms with Gasteiger partial charge in [0.15, 0.2) is 0 Å². The van der Waals surface area contributed by atoms with Gasteiger partial charge < -0.3 is 14.6 Å². The summed E-state index contributed by atoms with van der Waals surface area (Å²) in [5, 5.41) is 2.63. The van der Waals surface area contributed by atoms with Crippen molar-refractivity contribution in [2.75, 3.05) is 26.7 Å². The van der Waals surface area contributed by atoms with Crippen LogP contribution in [0.5, 0.6) is 0 Å². The van der Waals surface area contributed by atoms with Crippen molar-refractivity contribution in [3.05, 3.63) is 24.0 Å². The van der Waals surface area contributed by atoms with Crippen LogP contribution >= 0.6 is 0 Å². The summed E-state index contributed by atoms with van der Waals surface area (Å²) in [5.41, 5.74) is 1.25. The van der Waals surface area contributed by atoms with Crippen LogP contribution in [0.1, 0.15) is 5.69 Å². The van der Waals surface area contributed by atoms with Gasteiger partial charge in [0, 0.05) is 45.6 Å². The summed E-state index contributed by atoms with van der Waals surface area (Å²) in [5.74, 6) is -0.0402. The summed E-state index contributed by atoms with van der Waals surface area (Å²) in [6.07, 6.45) is 1.69. The average molecular weight is 237 g/mol. The normalized spacial score (nSPS) is 21.4. The molecule has 0 unspecified atom stereocenters. The van der Waals surface area contributed by atoms with Crippen LogP contribution in [-0.2, 0) is 23.1 Å². The second-order valence-electron chi connectivity index (χ2n) is 4.32. The molecule has 1 saturated heterocycles. The Labute approximate surface area is 101 Å². The predicted octanol–water partition coefficient (Wildman–Crippen LogP) is -0.0281. The Morgan fingerprint density at radius 1 is 1.65 bits per heavy atom. The Hall–Kier alpha value is -1.33. The zero-order valence-corrected chi connectivity index (χ0v) is 10.3. The largest absolute Gasteiger partial charge is 0.366 e. The van der Waals surface area contributed by atoms with E-state index >= 15 is 0 Å². The summed E-state index contributed by atoms with van der Waals surface area (Å²) in [6.45, 7) is 3.01. The van der Waals surface area contributed by atoms with E-state index in [2.05, 4.69) is 20.9 Å². The number of nitrogens with one attached hydrogen (secondary N) is 1. The number of hydrogen-bond acceptors (Lipinski definition) is 3. The van der Waals surface area contributed by atoms with Gasteiger partial charge in [0.25, 0.3) is 0 Å². The number of morpholine rings is 1. The fraction of sp³-hybridized carbons (Fsp3) is 0.583. The molecule has 1 aromatic rings. The number of nitrogens with zero attached hydrogens (tertiary/aromatic N) is 2. The number of carbonyl (C=O) groups is 1. The molecule has 5 heteroatoms. The van der Waals surface area contributed by atoms with Crippen molar-refractivity contribution in [2.45, 2.75) is 12.6 Å². The summed E-state index contributed by atoms with van der Waals surface area (Å²) >= 11 is 0. The van der Waals surface area contributed by atoms with E-state index in [9.17, 15) is 4.79 Å². The molecular formula is C12H19N3O2. The van der Waals surface area contributed by atoms with Crippen LogP contribution in [0.25, 0.3) is 0 Å². The van der Waals surface area contributed by atoms with Crippen molar-refractivity contribution in [3.8, 4) is 0 Å². The zero-order chi connectivity index (χ0) is 12.3. The van der Waals surface area contributed by atoms with Crippen LogP contribution in [0.3, 0.4) is 0 Å². The lowest BCUT2D eigenvalue weighted by molar-refractivity contribution is -0.138. The Bertz CT molecular complexity index is 389. The van der Waals surface area contributed by atoms with Crippen molar-refractivity contribution >= 4 is 5.91 Å². The number of amides is 1. The smallest absolute Gasteiger partial charge is 0.250 e. The van der Waals surface area contributed by atoms with Crippen molar-refractivity contribution in [1.29, 1.82) is 0 Å². The first-order valence-electron chi connectivity index (χ1n) is 5.86. The van der Waals surface area contributed by atoms with Gasteiger partial charge in [-0.25, -0.2) is 0 Å². The van der Waals surface area contributed by atoms with Crippen molar-refractivity contribution in [3.63, 3.8) is 0 Å². The highest BCUT2D eigenvalue weighted by Gasteiger charge is 2.25. The number of carbonyl (C=O) groups excluding carboxylic acids is 1. The first-order valence-corrected chi connectivity index (χ1v) is 5.86. The van der Waals surface area contributed by atoms with Gasteiger partial charge in [-0.2, -0.15) is 0 Å². The Kier molecular flexibility index (Phi) is 3.81. The van der Waals surface area contributed by atoms with E-state index in [1.807, 2.05) is 19.3 Å². The SMILES string of the molecule is CNC(=O)[C@@H]1CN(Cc2cccn2C)CCO1. The molecule has 1 atom stereocenters. The maximum absolute atomic E-state index is 11.5. The van der Waals surface area contributed by atoms with Crippen LogP contribution in [-0.4, -0.2) is 48.2 Å². The zero-order valence-electron chi connectivity index (χ0n) is 10.3. The molecule has 0 saturated carbocycles. The van der Waals surface area contributed by atoms with Crippen molar-refractivity contribution < 1.29 is 9.53 Å². The molecular weight excluding hydrogens is 218 g/mol. The molecule has 0 radical (unpaired) electrons. The Balaban J connectivity index is 1.94. The predicted molar refractivity (Wildman–Crippen MR) is 64.5 cm³/mol. The van der Waals surface area contributed by atoms with Gasteiger partial charge in [-0.05, 0) is 12.1 Å². The number of hydrogen-bond donors (Lipinski definition) is 1. The fourth-order valence-corrected chi connectivity index (χ4v) is 2.06. The van der Waals surface area contributed by atoms with E-state index in [1.165, 1.54) is 5.69 Å². The van der Waals surface area contributed by atoms with Gasteiger partial charge in [0.05, 0.1) is 6.61 Å². The van der Waals surface area contributed by atoms with E-state index in [-0.39, 0.29) is 12.0 Å². The molecule has 0 bridgehead atoms. The second kappa shape index (κ2) is 5.33. The minimum Gasteiger partial charge on any atom is -0.366 e. The van der Waals surface area contributed by atoms with Crippen LogP contribution in [0.4, 0.5) is 0 Å². The quantitative estimate of drug-likeness (QED) is 0.803. The lowest BCUT2D eigenvalue weighted by atomic mass is 10.2. The molecule has 0 aliphatic carbocycles. The molecule has 1 fully saturated rings. The number of rotatable bonds is 3. The molecule has 1 N–H and O–H groups in total. The van der Waals surface area contributed by atoms with Crippen LogP contribution < -0.4 is 5.32 Å². The first-order chi connectivity index (χ1) is 8.20. The summed E-state index contributed by atoms with van der Waals surface area (Å²) in [6, 6.07) is 4.14. The fourth-order valence-electron chi connectivity index (χ4n) is 2.06. The number of likely N-dealkylation sites (N-methyl/N-ethyl adjacent to an activating group) is 1. The van der Waals surface area contributed by atoms with Crippen LogP contribution in [0, 0.1) is 0 Å². The van der Waals surface area contributed by atoms with Crippen molar-refractivity contribution in [2.24, 2.45) is 7.05 Å². The molecule has 2 heterocycles. The average Bonchev–Trinajstić information content (AvgIpc) is 2.74. The van der Waals surface area contributed by atoms with Gasteiger partial charge in [0.1, 0.15) is 6.10 Å². The molecule has 1 aliphatic heterocycles. The second-order valence-corrected chi connectivity index (χ2v) is 4.32. The van der Waals surface area contributed by atoms with Gasteiger partial charge >= 0.3 is 0 Å². The van der Waals surface area contributed by atoms with E-state index in [4.69, 9.17) is 4.74 Å². The Morgan fingerprint density at radius 2 is 2.47 bits per heavy atom. The summed E-state index contributed by atoms with van der Waals surface area (Å²) in [4.78, 5) is 13.8. The van der Waals surface area contributed by atoms with Gasteiger partial charge in [0.2, 0.25) is 5.91 Å². The first kappa shape index (κ1) is 12.1. The molecule has 0 aromatic carbocycles. The van der Waals surface area contributed by atoms with E-state index in [1.54, 1.807) is 7.05 Å². The number of aryl methyl sites for hydroxylation is 1. The highest BCUT2D eigenvalue weighted by atomic mass is 16.5. The van der Waals surface area contributed by atoms with E-state index in [0.717, 1.165) is 13.1 Å². The minimum absolute atomic E-state index is 0.0402. The van der Waals surface area contributed by atoms with Crippen LogP contribution in [0.2, 0.25) is 0 Å². The van der Waals surface area contributed by atoms with Gasteiger partial charge in [-0.15, -0.1) is 0 Å². The standard InChI is InChI=1S/C12H19N3O2/c1-13-12(16)11-9-15(6-7-17-11)8-10-4-3-5-14(10)2/h3-5,11H,6-9H2,1-2H3,(H,13,16)/t11-/m0/s1.